The molecule has 0 atom stereocenters. The molecule has 0 radical (unpaired) electrons. The van der Waals surface area contributed by atoms with Gasteiger partial charge in [-0.1, -0.05) is 12.1 Å². The van der Waals surface area contributed by atoms with Crippen molar-refractivity contribution in [2.75, 3.05) is 11.9 Å². The zero-order valence-corrected chi connectivity index (χ0v) is 13.2. The van der Waals surface area contributed by atoms with Gasteiger partial charge in [-0.25, -0.2) is 4.79 Å². The number of amides is 1. The Hall–Kier alpha value is -2.67. The Kier molecular flexibility index (Phi) is 4.90. The minimum absolute atomic E-state index is 0.169. The second kappa shape index (κ2) is 7.27. The second-order valence-electron chi connectivity index (χ2n) is 5.95. The molecule has 1 aliphatic rings. The van der Waals surface area contributed by atoms with E-state index in [0.717, 1.165) is 16.7 Å². The number of nitrogens with zero attached hydrogens (tertiary/aromatic N) is 1. The molecule has 1 amide bonds. The lowest BCUT2D eigenvalue weighted by Crippen LogP contribution is -2.32. The fraction of sp³-hybridized carbons (Fsp3) is 0.353. The van der Waals surface area contributed by atoms with Crippen molar-refractivity contribution in [2.45, 2.75) is 26.0 Å². The van der Waals surface area contributed by atoms with Crippen molar-refractivity contribution in [1.82, 2.24) is 9.55 Å². The first-order valence-electron chi connectivity index (χ1n) is 7.86. The number of carbonyl (C=O) groups is 1. The van der Waals surface area contributed by atoms with E-state index in [9.17, 15) is 14.4 Å². The maximum Gasteiger partial charge on any atom is 0.328 e. The summed E-state index contributed by atoms with van der Waals surface area (Å²) in [5.41, 5.74) is 0.523. The molecule has 24 heavy (non-hydrogen) atoms. The van der Waals surface area contributed by atoms with E-state index in [2.05, 4.69) is 10.3 Å². The number of hydrogen-bond donors (Lipinski definition) is 2. The van der Waals surface area contributed by atoms with Crippen LogP contribution in [0.15, 0.2) is 46.1 Å². The summed E-state index contributed by atoms with van der Waals surface area (Å²) in [5.74, 6) is 0.365. The molecular weight excluding hydrogens is 310 g/mol. The molecule has 0 spiro atoms. The lowest BCUT2D eigenvalue weighted by Gasteiger charge is -2.09. The number of H-pyrrole nitrogens is 1. The van der Waals surface area contributed by atoms with E-state index in [4.69, 9.17) is 4.74 Å². The van der Waals surface area contributed by atoms with Gasteiger partial charge in [0.15, 0.2) is 0 Å². The molecule has 2 aromatic rings. The van der Waals surface area contributed by atoms with Crippen LogP contribution in [0.25, 0.3) is 0 Å². The van der Waals surface area contributed by atoms with Gasteiger partial charge in [0, 0.05) is 24.6 Å². The van der Waals surface area contributed by atoms with Crippen molar-refractivity contribution in [3.05, 3.63) is 62.9 Å². The molecule has 1 aromatic carbocycles. The number of rotatable bonds is 7. The number of aromatic nitrogens is 2. The van der Waals surface area contributed by atoms with Crippen molar-refractivity contribution in [3.63, 3.8) is 0 Å². The molecule has 0 aliphatic heterocycles. The summed E-state index contributed by atoms with van der Waals surface area (Å²) < 4.78 is 6.77. The van der Waals surface area contributed by atoms with E-state index >= 15 is 0 Å². The Balaban J connectivity index is 1.56. The maximum absolute atomic E-state index is 12.0. The van der Waals surface area contributed by atoms with Gasteiger partial charge < -0.3 is 10.1 Å². The van der Waals surface area contributed by atoms with Gasteiger partial charge in [0.1, 0.15) is 6.54 Å². The average molecular weight is 329 g/mol. The number of carbonyl (C=O) groups excluding carboxylic acids is 1. The molecule has 2 N–H and O–H groups in total. The molecule has 1 fully saturated rings. The van der Waals surface area contributed by atoms with E-state index in [1.54, 1.807) is 6.07 Å². The summed E-state index contributed by atoms with van der Waals surface area (Å²) in [5, 5.41) is 2.74. The normalized spacial score (nSPS) is 13.7. The fourth-order valence-corrected chi connectivity index (χ4v) is 2.29. The van der Waals surface area contributed by atoms with Gasteiger partial charge in [0.2, 0.25) is 5.91 Å². The van der Waals surface area contributed by atoms with Crippen LogP contribution < -0.4 is 16.6 Å². The third-order valence-electron chi connectivity index (χ3n) is 3.74. The fourth-order valence-electron chi connectivity index (χ4n) is 2.29. The van der Waals surface area contributed by atoms with Gasteiger partial charge in [-0.05, 0) is 36.5 Å². The predicted molar refractivity (Wildman–Crippen MR) is 88.8 cm³/mol. The van der Waals surface area contributed by atoms with E-state index in [1.165, 1.54) is 25.1 Å². The SMILES string of the molecule is O=C(Cn1ccc(=O)[nH]c1=O)Nc1cccc(COCC2CC2)c1. The van der Waals surface area contributed by atoms with Gasteiger partial charge in [-0.2, -0.15) is 0 Å². The number of anilines is 1. The first kappa shape index (κ1) is 16.2. The smallest absolute Gasteiger partial charge is 0.328 e. The minimum atomic E-state index is -0.611. The summed E-state index contributed by atoms with van der Waals surface area (Å²) in [7, 11) is 0. The molecule has 3 rings (SSSR count). The molecule has 7 nitrogen and oxygen atoms in total. The van der Waals surface area contributed by atoms with Crippen LogP contribution in [0.4, 0.5) is 5.69 Å². The molecule has 1 saturated carbocycles. The maximum atomic E-state index is 12.0. The van der Waals surface area contributed by atoms with E-state index in [0.29, 0.717) is 18.2 Å². The van der Waals surface area contributed by atoms with Crippen LogP contribution in [0.5, 0.6) is 0 Å². The number of hydrogen-bond acceptors (Lipinski definition) is 4. The Morgan fingerprint density at radius 3 is 2.88 bits per heavy atom. The van der Waals surface area contributed by atoms with Crippen LogP contribution >= 0.6 is 0 Å². The van der Waals surface area contributed by atoms with Gasteiger partial charge in [0.05, 0.1) is 6.61 Å². The summed E-state index contributed by atoms with van der Waals surface area (Å²) in [6, 6.07) is 8.61. The summed E-state index contributed by atoms with van der Waals surface area (Å²) in [6.07, 6.45) is 3.79. The number of benzene rings is 1. The molecule has 0 unspecified atom stereocenters. The first-order chi connectivity index (χ1) is 11.6. The summed E-state index contributed by atoms with van der Waals surface area (Å²) in [4.78, 5) is 36.7. The number of aromatic amines is 1. The van der Waals surface area contributed by atoms with Crippen LogP contribution in [0.1, 0.15) is 18.4 Å². The number of ether oxygens (including phenoxy) is 1. The standard InChI is InChI=1S/C17H19N3O4/c21-15-6-7-20(17(23)19-15)9-16(22)18-14-3-1-2-13(8-14)11-24-10-12-4-5-12/h1-3,6-8,12H,4-5,9-11H2,(H,18,22)(H,19,21,23). The van der Waals surface area contributed by atoms with E-state index in [1.807, 2.05) is 18.2 Å². The van der Waals surface area contributed by atoms with Gasteiger partial charge in [-0.15, -0.1) is 0 Å². The predicted octanol–water partition coefficient (Wildman–Crippen LogP) is 1.10. The lowest BCUT2D eigenvalue weighted by atomic mass is 10.2. The summed E-state index contributed by atoms with van der Waals surface area (Å²) in [6.45, 7) is 1.13. The van der Waals surface area contributed by atoms with E-state index in [-0.39, 0.29) is 12.5 Å². The molecule has 1 aliphatic carbocycles. The third-order valence-corrected chi connectivity index (χ3v) is 3.74. The van der Waals surface area contributed by atoms with Crippen LogP contribution in [0.3, 0.4) is 0 Å². The molecule has 126 valence electrons. The molecule has 0 saturated heterocycles. The van der Waals surface area contributed by atoms with Crippen LogP contribution in [0.2, 0.25) is 0 Å². The largest absolute Gasteiger partial charge is 0.376 e. The zero-order chi connectivity index (χ0) is 16.9. The van der Waals surface area contributed by atoms with Crippen LogP contribution in [-0.2, 0) is 22.7 Å². The highest BCUT2D eigenvalue weighted by Crippen LogP contribution is 2.29. The Morgan fingerprint density at radius 1 is 1.29 bits per heavy atom. The van der Waals surface area contributed by atoms with Crippen LogP contribution in [-0.4, -0.2) is 22.1 Å². The quantitative estimate of drug-likeness (QED) is 0.795. The molecule has 7 heteroatoms. The van der Waals surface area contributed by atoms with Gasteiger partial charge in [0.25, 0.3) is 5.56 Å². The Labute approximate surface area is 138 Å². The second-order valence-corrected chi connectivity index (χ2v) is 5.95. The highest BCUT2D eigenvalue weighted by molar-refractivity contribution is 5.90. The van der Waals surface area contributed by atoms with Crippen LogP contribution in [0, 0.1) is 5.92 Å². The van der Waals surface area contributed by atoms with Crippen molar-refractivity contribution in [2.24, 2.45) is 5.92 Å². The van der Waals surface area contributed by atoms with Gasteiger partial charge in [-0.3, -0.25) is 19.1 Å². The highest BCUT2D eigenvalue weighted by Gasteiger charge is 2.21. The number of nitrogens with one attached hydrogen (secondary N) is 2. The van der Waals surface area contributed by atoms with Gasteiger partial charge >= 0.3 is 5.69 Å². The van der Waals surface area contributed by atoms with Crippen molar-refractivity contribution in [3.8, 4) is 0 Å². The average Bonchev–Trinajstić information content (AvgIpc) is 3.35. The monoisotopic (exact) mass is 329 g/mol. The van der Waals surface area contributed by atoms with Crippen molar-refractivity contribution >= 4 is 11.6 Å². The summed E-state index contributed by atoms with van der Waals surface area (Å²) >= 11 is 0. The van der Waals surface area contributed by atoms with E-state index < -0.39 is 11.2 Å². The lowest BCUT2D eigenvalue weighted by molar-refractivity contribution is -0.116. The highest BCUT2D eigenvalue weighted by atomic mass is 16.5. The molecule has 0 bridgehead atoms. The zero-order valence-electron chi connectivity index (χ0n) is 13.2. The van der Waals surface area contributed by atoms with Crippen molar-refractivity contribution in [1.29, 1.82) is 0 Å². The Morgan fingerprint density at radius 2 is 2.12 bits per heavy atom. The Bertz CT molecular complexity index is 836. The molecule has 1 aromatic heterocycles. The third kappa shape index (κ3) is 4.66. The molecular formula is C17H19N3O4. The first-order valence-corrected chi connectivity index (χ1v) is 7.86. The molecule has 1 heterocycles. The minimum Gasteiger partial charge on any atom is -0.376 e. The topological polar surface area (TPSA) is 93.2 Å². The van der Waals surface area contributed by atoms with Crippen molar-refractivity contribution < 1.29 is 9.53 Å².